The molecule has 1 N–H and O–H groups in total. The fourth-order valence-corrected chi connectivity index (χ4v) is 2.66. The number of carbonyl (C=O) groups is 1. The summed E-state index contributed by atoms with van der Waals surface area (Å²) in [5.74, 6) is 0.165. The van der Waals surface area contributed by atoms with Gasteiger partial charge in [0, 0.05) is 19.8 Å². The first-order valence-electron chi connectivity index (χ1n) is 7.29. The summed E-state index contributed by atoms with van der Waals surface area (Å²) in [4.78, 5) is 14.1. The molecular formula is C16H24N2O2. The van der Waals surface area contributed by atoms with E-state index in [1.165, 1.54) is 5.56 Å². The molecule has 2 rings (SSSR count). The SMILES string of the molecule is CCc1ccc(C2NCC(=O)N2C(C)CCOC)cc1. The van der Waals surface area contributed by atoms with Crippen LogP contribution in [0.25, 0.3) is 0 Å². The fraction of sp³-hybridized carbons (Fsp3) is 0.562. The van der Waals surface area contributed by atoms with Crippen molar-refractivity contribution in [3.05, 3.63) is 35.4 Å². The van der Waals surface area contributed by atoms with Crippen LogP contribution < -0.4 is 5.32 Å². The second-order valence-corrected chi connectivity index (χ2v) is 5.31. The Bertz CT molecular complexity index is 444. The minimum absolute atomic E-state index is 0.0136. The molecule has 20 heavy (non-hydrogen) atoms. The molecule has 0 aromatic heterocycles. The quantitative estimate of drug-likeness (QED) is 0.865. The molecule has 0 saturated carbocycles. The number of aryl methyl sites for hydroxylation is 1. The summed E-state index contributed by atoms with van der Waals surface area (Å²) in [6, 6.07) is 8.68. The van der Waals surface area contributed by atoms with Crippen LogP contribution in [-0.2, 0) is 16.0 Å². The normalized spacial score (nSPS) is 20.4. The summed E-state index contributed by atoms with van der Waals surface area (Å²) in [5.41, 5.74) is 2.47. The van der Waals surface area contributed by atoms with Crippen LogP contribution in [-0.4, -0.2) is 37.1 Å². The fourth-order valence-electron chi connectivity index (χ4n) is 2.66. The maximum absolute atomic E-state index is 12.1. The van der Waals surface area contributed by atoms with Crippen molar-refractivity contribution in [2.75, 3.05) is 20.3 Å². The molecule has 0 radical (unpaired) electrons. The van der Waals surface area contributed by atoms with Crippen LogP contribution in [0.5, 0.6) is 0 Å². The van der Waals surface area contributed by atoms with E-state index in [0.717, 1.165) is 18.4 Å². The van der Waals surface area contributed by atoms with E-state index < -0.39 is 0 Å². The average molecular weight is 276 g/mol. The number of nitrogens with one attached hydrogen (secondary N) is 1. The Labute approximate surface area is 121 Å². The molecule has 1 heterocycles. The molecule has 0 spiro atoms. The standard InChI is InChI=1S/C16H24N2O2/c1-4-13-5-7-14(8-6-13)16-17-11-15(19)18(16)12(2)9-10-20-3/h5-8,12,16-17H,4,9-11H2,1-3H3. The number of nitrogens with zero attached hydrogens (tertiary/aromatic N) is 1. The van der Waals surface area contributed by atoms with Gasteiger partial charge in [0.25, 0.3) is 0 Å². The van der Waals surface area contributed by atoms with Crippen molar-refractivity contribution in [3.63, 3.8) is 0 Å². The van der Waals surface area contributed by atoms with E-state index in [4.69, 9.17) is 4.74 Å². The highest BCUT2D eigenvalue weighted by Crippen LogP contribution is 2.26. The largest absolute Gasteiger partial charge is 0.385 e. The highest BCUT2D eigenvalue weighted by molar-refractivity contribution is 5.81. The lowest BCUT2D eigenvalue weighted by atomic mass is 10.1. The van der Waals surface area contributed by atoms with E-state index in [2.05, 4.69) is 43.4 Å². The van der Waals surface area contributed by atoms with Gasteiger partial charge in [0.15, 0.2) is 0 Å². The van der Waals surface area contributed by atoms with Crippen molar-refractivity contribution >= 4 is 5.91 Å². The summed E-state index contributed by atoms with van der Waals surface area (Å²) in [6.45, 7) is 5.31. The maximum atomic E-state index is 12.1. The molecule has 0 aliphatic carbocycles. The zero-order chi connectivity index (χ0) is 14.5. The van der Waals surface area contributed by atoms with Gasteiger partial charge in [-0.05, 0) is 30.9 Å². The van der Waals surface area contributed by atoms with Crippen LogP contribution in [0.3, 0.4) is 0 Å². The van der Waals surface area contributed by atoms with Crippen molar-refractivity contribution in [2.45, 2.75) is 38.9 Å². The average Bonchev–Trinajstić information content (AvgIpc) is 2.86. The minimum Gasteiger partial charge on any atom is -0.385 e. The Balaban J connectivity index is 2.13. The number of methoxy groups -OCH3 is 1. The van der Waals surface area contributed by atoms with Crippen molar-refractivity contribution < 1.29 is 9.53 Å². The Morgan fingerprint density at radius 2 is 2.10 bits per heavy atom. The van der Waals surface area contributed by atoms with Crippen molar-refractivity contribution in [1.82, 2.24) is 10.2 Å². The van der Waals surface area contributed by atoms with Gasteiger partial charge in [0.05, 0.1) is 6.54 Å². The number of rotatable bonds is 6. The zero-order valence-electron chi connectivity index (χ0n) is 12.6. The Hall–Kier alpha value is -1.39. The Morgan fingerprint density at radius 3 is 2.70 bits per heavy atom. The van der Waals surface area contributed by atoms with Gasteiger partial charge in [0.2, 0.25) is 5.91 Å². The second-order valence-electron chi connectivity index (χ2n) is 5.31. The molecule has 1 aromatic rings. The third kappa shape index (κ3) is 3.19. The number of ether oxygens (including phenoxy) is 1. The zero-order valence-corrected chi connectivity index (χ0v) is 12.6. The summed E-state index contributed by atoms with van der Waals surface area (Å²) < 4.78 is 5.12. The first-order chi connectivity index (χ1) is 9.67. The van der Waals surface area contributed by atoms with Crippen LogP contribution in [0.1, 0.15) is 37.6 Å². The van der Waals surface area contributed by atoms with Gasteiger partial charge in [-0.15, -0.1) is 0 Å². The van der Waals surface area contributed by atoms with Crippen molar-refractivity contribution in [2.24, 2.45) is 0 Å². The van der Waals surface area contributed by atoms with E-state index in [1.54, 1.807) is 7.11 Å². The van der Waals surface area contributed by atoms with E-state index in [9.17, 15) is 4.79 Å². The second kappa shape index (κ2) is 6.86. The van der Waals surface area contributed by atoms with Gasteiger partial charge in [-0.1, -0.05) is 31.2 Å². The van der Waals surface area contributed by atoms with E-state index in [0.29, 0.717) is 13.2 Å². The van der Waals surface area contributed by atoms with Gasteiger partial charge in [-0.25, -0.2) is 0 Å². The molecule has 4 nitrogen and oxygen atoms in total. The lowest BCUT2D eigenvalue weighted by Crippen LogP contribution is -2.38. The number of hydrogen-bond donors (Lipinski definition) is 1. The van der Waals surface area contributed by atoms with Crippen LogP contribution in [0, 0.1) is 0 Å². The lowest BCUT2D eigenvalue weighted by molar-refractivity contribution is -0.130. The van der Waals surface area contributed by atoms with Gasteiger partial charge in [-0.2, -0.15) is 0 Å². The van der Waals surface area contributed by atoms with Crippen molar-refractivity contribution in [1.29, 1.82) is 0 Å². The monoisotopic (exact) mass is 276 g/mol. The number of carbonyl (C=O) groups excluding carboxylic acids is 1. The first-order valence-corrected chi connectivity index (χ1v) is 7.29. The molecule has 2 unspecified atom stereocenters. The first kappa shape index (κ1) is 15.0. The molecule has 1 saturated heterocycles. The Kier molecular flexibility index (Phi) is 5.15. The number of hydrogen-bond acceptors (Lipinski definition) is 3. The highest BCUT2D eigenvalue weighted by atomic mass is 16.5. The van der Waals surface area contributed by atoms with Gasteiger partial charge in [0.1, 0.15) is 6.17 Å². The third-order valence-corrected chi connectivity index (χ3v) is 3.93. The molecular weight excluding hydrogens is 252 g/mol. The molecule has 1 fully saturated rings. The third-order valence-electron chi connectivity index (χ3n) is 3.93. The van der Waals surface area contributed by atoms with Crippen molar-refractivity contribution in [3.8, 4) is 0 Å². The van der Waals surface area contributed by atoms with Crippen LogP contribution in [0.15, 0.2) is 24.3 Å². The van der Waals surface area contributed by atoms with E-state index >= 15 is 0 Å². The summed E-state index contributed by atoms with van der Waals surface area (Å²) in [7, 11) is 1.69. The van der Waals surface area contributed by atoms with E-state index in [-0.39, 0.29) is 18.1 Å². The molecule has 110 valence electrons. The number of benzene rings is 1. The predicted molar refractivity (Wildman–Crippen MR) is 79.4 cm³/mol. The number of amides is 1. The van der Waals surface area contributed by atoms with Crippen LogP contribution in [0.4, 0.5) is 0 Å². The summed E-state index contributed by atoms with van der Waals surface area (Å²) in [6.07, 6.45) is 1.87. The molecule has 4 heteroatoms. The molecule has 1 aromatic carbocycles. The molecule has 1 aliphatic rings. The minimum atomic E-state index is -0.0136. The van der Waals surface area contributed by atoms with Crippen LogP contribution >= 0.6 is 0 Å². The molecule has 0 bridgehead atoms. The van der Waals surface area contributed by atoms with Gasteiger partial charge >= 0.3 is 0 Å². The van der Waals surface area contributed by atoms with E-state index in [1.807, 2.05) is 4.90 Å². The van der Waals surface area contributed by atoms with Gasteiger partial charge in [-0.3, -0.25) is 10.1 Å². The topological polar surface area (TPSA) is 41.6 Å². The predicted octanol–water partition coefficient (Wildman–Crippen LogP) is 2.10. The maximum Gasteiger partial charge on any atom is 0.238 e. The summed E-state index contributed by atoms with van der Waals surface area (Å²) >= 11 is 0. The smallest absolute Gasteiger partial charge is 0.238 e. The lowest BCUT2D eigenvalue weighted by Gasteiger charge is -2.30. The highest BCUT2D eigenvalue weighted by Gasteiger charge is 2.34. The van der Waals surface area contributed by atoms with Crippen LogP contribution in [0.2, 0.25) is 0 Å². The molecule has 1 aliphatic heterocycles. The summed E-state index contributed by atoms with van der Waals surface area (Å²) in [5, 5.41) is 3.30. The Morgan fingerprint density at radius 1 is 1.40 bits per heavy atom. The van der Waals surface area contributed by atoms with Gasteiger partial charge < -0.3 is 9.64 Å². The molecule has 1 amide bonds. The molecule has 2 atom stereocenters.